The lowest BCUT2D eigenvalue weighted by Crippen LogP contribution is -2.54. The number of benzene rings is 3. The molecule has 1 N–H and O–H groups in total. The molecule has 184 valence electrons. The van der Waals surface area contributed by atoms with Gasteiger partial charge in [0.05, 0.1) is 5.75 Å². The molecule has 0 fully saturated rings. The molecule has 3 aromatic carbocycles. The van der Waals surface area contributed by atoms with Crippen molar-refractivity contribution < 1.29 is 9.59 Å². The highest BCUT2D eigenvalue weighted by Gasteiger charge is 2.32. The van der Waals surface area contributed by atoms with Gasteiger partial charge >= 0.3 is 0 Å². The van der Waals surface area contributed by atoms with Crippen molar-refractivity contribution in [1.29, 1.82) is 0 Å². The Kier molecular flexibility index (Phi) is 9.41. The van der Waals surface area contributed by atoms with Crippen LogP contribution in [0.3, 0.4) is 0 Å². The smallest absolute Gasteiger partial charge is 0.243 e. The SMILES string of the molecule is Cc1cccc(CN(C(=O)CSc2ccc(Cl)cc2)[C@H](Cc2ccccc2)C(=O)NC(C)(C)C)c1. The number of hydrogen-bond donors (Lipinski definition) is 1. The molecule has 0 saturated carbocycles. The van der Waals surface area contributed by atoms with E-state index in [-0.39, 0.29) is 17.6 Å². The molecule has 0 bridgehead atoms. The van der Waals surface area contributed by atoms with Gasteiger partial charge in [0.15, 0.2) is 0 Å². The molecular formula is C29H33ClN2O2S. The number of amides is 2. The number of halogens is 1. The van der Waals surface area contributed by atoms with Gasteiger partial charge < -0.3 is 10.2 Å². The zero-order chi connectivity index (χ0) is 25.4. The molecule has 0 aliphatic carbocycles. The van der Waals surface area contributed by atoms with Crippen LogP contribution in [0.2, 0.25) is 5.02 Å². The van der Waals surface area contributed by atoms with Crippen molar-refractivity contribution in [3.05, 3.63) is 101 Å². The Hall–Kier alpha value is -2.76. The maximum atomic E-state index is 13.7. The second-order valence-electron chi connectivity index (χ2n) is 9.70. The molecule has 1 atom stereocenters. The first-order valence-electron chi connectivity index (χ1n) is 11.7. The van der Waals surface area contributed by atoms with Crippen LogP contribution in [0.15, 0.2) is 83.8 Å². The van der Waals surface area contributed by atoms with Crippen LogP contribution < -0.4 is 5.32 Å². The average Bonchev–Trinajstić information content (AvgIpc) is 2.80. The van der Waals surface area contributed by atoms with E-state index in [9.17, 15) is 9.59 Å². The van der Waals surface area contributed by atoms with Gasteiger partial charge in [-0.05, 0) is 63.1 Å². The van der Waals surface area contributed by atoms with Gasteiger partial charge in [-0.25, -0.2) is 0 Å². The molecule has 0 aromatic heterocycles. The molecule has 0 radical (unpaired) electrons. The third kappa shape index (κ3) is 8.75. The molecule has 4 nitrogen and oxygen atoms in total. The van der Waals surface area contributed by atoms with E-state index in [0.29, 0.717) is 18.0 Å². The van der Waals surface area contributed by atoms with Gasteiger partial charge in [0.1, 0.15) is 6.04 Å². The number of carbonyl (C=O) groups excluding carboxylic acids is 2. The number of hydrogen-bond acceptors (Lipinski definition) is 3. The van der Waals surface area contributed by atoms with E-state index in [1.807, 2.05) is 100 Å². The molecule has 0 spiro atoms. The first-order chi connectivity index (χ1) is 16.6. The minimum absolute atomic E-state index is 0.0866. The summed E-state index contributed by atoms with van der Waals surface area (Å²) in [6.07, 6.45) is 0.436. The number of carbonyl (C=O) groups is 2. The maximum Gasteiger partial charge on any atom is 0.243 e. The Labute approximate surface area is 218 Å². The highest BCUT2D eigenvalue weighted by Crippen LogP contribution is 2.23. The molecule has 0 unspecified atom stereocenters. The van der Waals surface area contributed by atoms with Crippen molar-refractivity contribution in [3.63, 3.8) is 0 Å². The molecule has 35 heavy (non-hydrogen) atoms. The number of nitrogens with one attached hydrogen (secondary N) is 1. The summed E-state index contributed by atoms with van der Waals surface area (Å²) in [7, 11) is 0. The fourth-order valence-electron chi connectivity index (χ4n) is 3.77. The first kappa shape index (κ1) is 26.8. The Morgan fingerprint density at radius 1 is 0.943 bits per heavy atom. The van der Waals surface area contributed by atoms with E-state index in [1.165, 1.54) is 11.8 Å². The van der Waals surface area contributed by atoms with E-state index in [1.54, 1.807) is 4.90 Å². The van der Waals surface area contributed by atoms with E-state index < -0.39 is 11.6 Å². The van der Waals surface area contributed by atoms with E-state index in [4.69, 9.17) is 11.6 Å². The van der Waals surface area contributed by atoms with Crippen LogP contribution in [0, 0.1) is 6.92 Å². The van der Waals surface area contributed by atoms with Crippen molar-refractivity contribution >= 4 is 35.2 Å². The van der Waals surface area contributed by atoms with Crippen LogP contribution in [0.1, 0.15) is 37.5 Å². The standard InChI is InChI=1S/C29H33ClN2O2S/c1-21-9-8-12-23(17-21)19-32(27(33)20-35-25-15-13-24(30)14-16-25)26(28(34)31-29(2,3)4)18-22-10-6-5-7-11-22/h5-17,26H,18-20H2,1-4H3,(H,31,34)/t26-/m1/s1. The highest BCUT2D eigenvalue weighted by molar-refractivity contribution is 8.00. The quantitative estimate of drug-likeness (QED) is 0.345. The van der Waals surface area contributed by atoms with Crippen LogP contribution in [0.25, 0.3) is 0 Å². The molecule has 3 aromatic rings. The van der Waals surface area contributed by atoms with Gasteiger partial charge in [0.25, 0.3) is 0 Å². The number of thioether (sulfide) groups is 1. The summed E-state index contributed by atoms with van der Waals surface area (Å²) in [6, 6.07) is 24.7. The van der Waals surface area contributed by atoms with Gasteiger partial charge in [-0.1, -0.05) is 71.8 Å². The molecular weight excluding hydrogens is 476 g/mol. The molecule has 0 saturated heterocycles. The number of rotatable bonds is 9. The third-order valence-electron chi connectivity index (χ3n) is 5.38. The minimum Gasteiger partial charge on any atom is -0.350 e. The summed E-state index contributed by atoms with van der Waals surface area (Å²) in [5.74, 6) is -0.0167. The summed E-state index contributed by atoms with van der Waals surface area (Å²) in [4.78, 5) is 29.9. The van der Waals surface area contributed by atoms with Crippen LogP contribution in [0.4, 0.5) is 0 Å². The summed E-state index contributed by atoms with van der Waals surface area (Å²) >= 11 is 7.45. The predicted molar refractivity (Wildman–Crippen MR) is 146 cm³/mol. The fraction of sp³-hybridized carbons (Fsp3) is 0.310. The van der Waals surface area contributed by atoms with Crippen LogP contribution in [-0.2, 0) is 22.6 Å². The van der Waals surface area contributed by atoms with Crippen molar-refractivity contribution in [2.75, 3.05) is 5.75 Å². The third-order valence-corrected chi connectivity index (χ3v) is 6.63. The Balaban J connectivity index is 1.92. The molecule has 0 aliphatic heterocycles. The monoisotopic (exact) mass is 508 g/mol. The summed E-state index contributed by atoms with van der Waals surface area (Å²) in [5, 5.41) is 3.75. The average molecular weight is 509 g/mol. The minimum atomic E-state index is -0.643. The van der Waals surface area contributed by atoms with Crippen molar-refractivity contribution in [2.45, 2.75) is 57.1 Å². The summed E-state index contributed by atoms with van der Waals surface area (Å²) in [5.41, 5.74) is 2.71. The van der Waals surface area contributed by atoms with Gasteiger partial charge in [-0.15, -0.1) is 11.8 Å². The Morgan fingerprint density at radius 3 is 2.23 bits per heavy atom. The second-order valence-corrected chi connectivity index (χ2v) is 11.2. The number of aryl methyl sites for hydroxylation is 1. The summed E-state index contributed by atoms with van der Waals surface area (Å²) < 4.78 is 0. The first-order valence-corrected chi connectivity index (χ1v) is 13.1. The van der Waals surface area contributed by atoms with Crippen LogP contribution in [0.5, 0.6) is 0 Å². The lowest BCUT2D eigenvalue weighted by Gasteiger charge is -2.34. The van der Waals surface area contributed by atoms with E-state index in [2.05, 4.69) is 11.4 Å². The lowest BCUT2D eigenvalue weighted by molar-refractivity contribution is -0.140. The van der Waals surface area contributed by atoms with Crippen molar-refractivity contribution in [3.8, 4) is 0 Å². The van der Waals surface area contributed by atoms with Crippen molar-refractivity contribution in [2.24, 2.45) is 0 Å². The lowest BCUT2D eigenvalue weighted by atomic mass is 10.0. The largest absolute Gasteiger partial charge is 0.350 e. The highest BCUT2D eigenvalue weighted by atomic mass is 35.5. The van der Waals surface area contributed by atoms with E-state index in [0.717, 1.165) is 21.6 Å². The van der Waals surface area contributed by atoms with Crippen molar-refractivity contribution in [1.82, 2.24) is 10.2 Å². The fourth-order valence-corrected chi connectivity index (χ4v) is 4.68. The Morgan fingerprint density at radius 2 is 1.60 bits per heavy atom. The zero-order valence-corrected chi connectivity index (χ0v) is 22.3. The molecule has 6 heteroatoms. The second kappa shape index (κ2) is 12.3. The Bertz CT molecular complexity index is 1130. The van der Waals surface area contributed by atoms with Crippen LogP contribution in [-0.4, -0.2) is 34.0 Å². The zero-order valence-electron chi connectivity index (χ0n) is 20.8. The summed E-state index contributed by atoms with van der Waals surface area (Å²) in [6.45, 7) is 8.24. The molecule has 2 amide bonds. The molecule has 3 rings (SSSR count). The normalized spacial score (nSPS) is 12.1. The topological polar surface area (TPSA) is 49.4 Å². The number of nitrogens with zero attached hydrogens (tertiary/aromatic N) is 1. The predicted octanol–water partition coefficient (Wildman–Crippen LogP) is 6.30. The van der Waals surface area contributed by atoms with Gasteiger partial charge in [-0.2, -0.15) is 0 Å². The van der Waals surface area contributed by atoms with Crippen LogP contribution >= 0.6 is 23.4 Å². The molecule has 0 heterocycles. The van der Waals surface area contributed by atoms with Gasteiger partial charge in [-0.3, -0.25) is 9.59 Å². The van der Waals surface area contributed by atoms with Gasteiger partial charge in [0, 0.05) is 28.4 Å². The van der Waals surface area contributed by atoms with E-state index >= 15 is 0 Å². The molecule has 0 aliphatic rings. The van der Waals surface area contributed by atoms with Gasteiger partial charge in [0.2, 0.25) is 11.8 Å². The maximum absolute atomic E-state index is 13.7.